The lowest BCUT2D eigenvalue weighted by molar-refractivity contribution is -0.142. The second kappa shape index (κ2) is 5.34. The van der Waals surface area contributed by atoms with Gasteiger partial charge in [0.05, 0.1) is 0 Å². The lowest BCUT2D eigenvalue weighted by atomic mass is 9.74. The van der Waals surface area contributed by atoms with Crippen LogP contribution >= 0.6 is 0 Å². The molecule has 0 amide bonds. The van der Waals surface area contributed by atoms with Crippen molar-refractivity contribution in [2.24, 2.45) is 0 Å². The Morgan fingerprint density at radius 2 is 1.43 bits per heavy atom. The zero-order valence-corrected chi connectivity index (χ0v) is 11.7. The summed E-state index contributed by atoms with van der Waals surface area (Å²) in [6.45, 7) is 0.0962. The predicted octanol–water partition coefficient (Wildman–Crippen LogP) is 3.20. The number of carboxylic acid groups (broad SMARTS) is 1. The van der Waals surface area contributed by atoms with E-state index in [4.69, 9.17) is 5.11 Å². The summed E-state index contributed by atoms with van der Waals surface area (Å²) in [6.07, 6.45) is 1.82. The van der Waals surface area contributed by atoms with Crippen molar-refractivity contribution >= 4 is 5.97 Å². The lowest BCUT2D eigenvalue weighted by Crippen LogP contribution is -2.35. The van der Waals surface area contributed by atoms with Crippen LogP contribution in [-0.2, 0) is 10.2 Å². The third kappa shape index (κ3) is 1.96. The summed E-state index contributed by atoms with van der Waals surface area (Å²) in [5.41, 5.74) is 2.79. The summed E-state index contributed by atoms with van der Waals surface area (Å²) in [4.78, 5) is 12.2. The molecule has 2 aromatic carbocycles. The molecular formula is C18H18O3. The average molecular weight is 282 g/mol. The summed E-state index contributed by atoms with van der Waals surface area (Å²) in [7, 11) is 0. The first-order valence-electron chi connectivity index (χ1n) is 7.25. The smallest absolute Gasteiger partial charge is 0.318 e. The molecule has 108 valence electrons. The van der Waals surface area contributed by atoms with Gasteiger partial charge < -0.3 is 10.2 Å². The molecule has 0 heterocycles. The minimum absolute atomic E-state index is 0.0962. The van der Waals surface area contributed by atoms with E-state index in [2.05, 4.69) is 0 Å². The van der Waals surface area contributed by atoms with Gasteiger partial charge >= 0.3 is 5.97 Å². The fourth-order valence-corrected chi connectivity index (χ4v) is 3.43. The van der Waals surface area contributed by atoms with Crippen molar-refractivity contribution in [3.63, 3.8) is 0 Å². The lowest BCUT2D eigenvalue weighted by Gasteiger charge is -2.27. The Hall–Kier alpha value is -2.13. The van der Waals surface area contributed by atoms with Crippen LogP contribution < -0.4 is 0 Å². The largest absolute Gasteiger partial charge is 0.480 e. The van der Waals surface area contributed by atoms with Crippen LogP contribution in [0.5, 0.6) is 0 Å². The average Bonchev–Trinajstić information content (AvgIpc) is 2.80. The number of hydrogen-bond donors (Lipinski definition) is 2. The number of rotatable bonds is 5. The van der Waals surface area contributed by atoms with Gasteiger partial charge in [0.2, 0.25) is 0 Å². The van der Waals surface area contributed by atoms with Gasteiger partial charge in [-0.2, -0.15) is 0 Å². The molecule has 2 N–H and O–H groups in total. The molecular weight excluding hydrogens is 264 g/mol. The maximum Gasteiger partial charge on any atom is 0.318 e. The first-order chi connectivity index (χ1) is 10.2. The molecule has 0 atom stereocenters. The van der Waals surface area contributed by atoms with Crippen LogP contribution in [0.1, 0.15) is 30.4 Å². The Balaban J connectivity index is 2.20. The molecule has 1 aliphatic carbocycles. The molecule has 0 bridgehead atoms. The van der Waals surface area contributed by atoms with Gasteiger partial charge in [-0.25, -0.2) is 0 Å². The molecule has 0 fully saturated rings. The SMILES string of the molecule is O=C(O)C1(CCCCO)c2ccccc2-c2ccccc21. The first kappa shape index (κ1) is 13.8. The van der Waals surface area contributed by atoms with Crippen molar-refractivity contribution in [2.75, 3.05) is 6.61 Å². The predicted molar refractivity (Wildman–Crippen MR) is 81.2 cm³/mol. The fraction of sp³-hybridized carbons (Fsp3) is 0.278. The first-order valence-corrected chi connectivity index (χ1v) is 7.25. The van der Waals surface area contributed by atoms with E-state index in [9.17, 15) is 9.90 Å². The highest BCUT2D eigenvalue weighted by Crippen LogP contribution is 2.51. The van der Waals surface area contributed by atoms with E-state index in [0.717, 1.165) is 22.3 Å². The molecule has 0 aromatic heterocycles. The molecule has 21 heavy (non-hydrogen) atoms. The molecule has 3 nitrogen and oxygen atoms in total. The van der Waals surface area contributed by atoms with Crippen molar-refractivity contribution in [1.82, 2.24) is 0 Å². The zero-order valence-electron chi connectivity index (χ0n) is 11.7. The van der Waals surface area contributed by atoms with E-state index in [1.807, 2.05) is 48.5 Å². The number of aliphatic carboxylic acids is 1. The number of unbranched alkanes of at least 4 members (excludes halogenated alkanes) is 1. The number of carbonyl (C=O) groups is 1. The molecule has 2 aromatic rings. The van der Waals surface area contributed by atoms with Gasteiger partial charge in [0.1, 0.15) is 5.41 Å². The van der Waals surface area contributed by atoms with Gasteiger partial charge in [-0.1, -0.05) is 48.5 Å². The van der Waals surface area contributed by atoms with E-state index in [1.54, 1.807) is 0 Å². The quantitative estimate of drug-likeness (QED) is 0.828. The van der Waals surface area contributed by atoms with Crippen molar-refractivity contribution in [3.8, 4) is 11.1 Å². The van der Waals surface area contributed by atoms with E-state index in [0.29, 0.717) is 19.3 Å². The monoisotopic (exact) mass is 282 g/mol. The summed E-state index contributed by atoms with van der Waals surface area (Å²) in [5, 5.41) is 19.0. The Morgan fingerprint density at radius 3 is 1.90 bits per heavy atom. The molecule has 0 saturated heterocycles. The highest BCUT2D eigenvalue weighted by molar-refractivity contribution is 5.97. The Labute approximate surface area is 123 Å². The van der Waals surface area contributed by atoms with Crippen molar-refractivity contribution in [3.05, 3.63) is 59.7 Å². The van der Waals surface area contributed by atoms with Crippen molar-refractivity contribution in [2.45, 2.75) is 24.7 Å². The van der Waals surface area contributed by atoms with E-state index in [1.165, 1.54) is 0 Å². The maximum atomic E-state index is 12.2. The standard InChI is InChI=1S/C18H18O3/c19-12-6-5-11-18(17(20)21)15-9-3-1-7-13(15)14-8-2-4-10-16(14)18/h1-4,7-10,19H,5-6,11-12H2,(H,20,21). The highest BCUT2D eigenvalue weighted by Gasteiger charge is 2.48. The number of carboxylic acids is 1. The van der Waals surface area contributed by atoms with E-state index < -0.39 is 11.4 Å². The van der Waals surface area contributed by atoms with E-state index in [-0.39, 0.29) is 6.61 Å². The number of hydrogen-bond acceptors (Lipinski definition) is 2. The Bertz CT molecular complexity index is 630. The van der Waals surface area contributed by atoms with Crippen molar-refractivity contribution < 1.29 is 15.0 Å². The van der Waals surface area contributed by atoms with Gasteiger partial charge in [-0.05, 0) is 41.5 Å². The fourth-order valence-electron chi connectivity index (χ4n) is 3.43. The summed E-state index contributed by atoms with van der Waals surface area (Å²) in [5.74, 6) is -0.808. The van der Waals surface area contributed by atoms with Crippen LogP contribution in [-0.4, -0.2) is 22.8 Å². The van der Waals surface area contributed by atoms with Crippen LogP contribution in [0.2, 0.25) is 0 Å². The van der Waals surface area contributed by atoms with Gasteiger partial charge in [-0.3, -0.25) is 4.79 Å². The zero-order chi connectivity index (χ0) is 14.9. The summed E-state index contributed by atoms with van der Waals surface area (Å²) < 4.78 is 0. The van der Waals surface area contributed by atoms with Gasteiger partial charge in [0.15, 0.2) is 0 Å². The van der Waals surface area contributed by atoms with Gasteiger partial charge in [-0.15, -0.1) is 0 Å². The number of aliphatic hydroxyl groups is 1. The number of benzene rings is 2. The molecule has 0 spiro atoms. The van der Waals surface area contributed by atoms with Crippen LogP contribution in [0.4, 0.5) is 0 Å². The normalized spacial score (nSPS) is 14.5. The minimum atomic E-state index is -0.984. The second-order valence-electron chi connectivity index (χ2n) is 5.48. The Kier molecular flexibility index (Phi) is 3.52. The summed E-state index contributed by atoms with van der Waals surface area (Å²) in [6, 6.07) is 15.5. The van der Waals surface area contributed by atoms with Crippen LogP contribution in [0.3, 0.4) is 0 Å². The molecule has 1 aliphatic rings. The van der Waals surface area contributed by atoms with Crippen molar-refractivity contribution in [1.29, 1.82) is 0 Å². The second-order valence-corrected chi connectivity index (χ2v) is 5.48. The molecule has 0 aliphatic heterocycles. The van der Waals surface area contributed by atoms with Gasteiger partial charge in [0, 0.05) is 6.61 Å². The molecule has 0 radical (unpaired) electrons. The Morgan fingerprint density at radius 1 is 0.905 bits per heavy atom. The molecule has 3 heteroatoms. The molecule has 0 saturated carbocycles. The summed E-state index contributed by atoms with van der Waals surface area (Å²) >= 11 is 0. The highest BCUT2D eigenvalue weighted by atomic mass is 16.4. The maximum absolute atomic E-state index is 12.2. The minimum Gasteiger partial charge on any atom is -0.480 e. The third-order valence-electron chi connectivity index (χ3n) is 4.39. The number of aliphatic hydroxyl groups excluding tert-OH is 1. The van der Waals surface area contributed by atoms with E-state index >= 15 is 0 Å². The topological polar surface area (TPSA) is 57.5 Å². The van der Waals surface area contributed by atoms with Crippen LogP contribution in [0, 0.1) is 0 Å². The number of fused-ring (bicyclic) bond motifs is 3. The third-order valence-corrected chi connectivity index (χ3v) is 4.39. The van der Waals surface area contributed by atoms with Crippen LogP contribution in [0.25, 0.3) is 11.1 Å². The van der Waals surface area contributed by atoms with Gasteiger partial charge in [0.25, 0.3) is 0 Å². The molecule has 0 unspecified atom stereocenters. The van der Waals surface area contributed by atoms with Crippen LogP contribution in [0.15, 0.2) is 48.5 Å². The molecule has 3 rings (SSSR count).